The van der Waals surface area contributed by atoms with E-state index in [0.29, 0.717) is 17.8 Å². The minimum atomic E-state index is -0.379. The van der Waals surface area contributed by atoms with Crippen molar-refractivity contribution in [3.8, 4) is 0 Å². The molecule has 1 aliphatic rings. The molecule has 0 radical (unpaired) electrons. The van der Waals surface area contributed by atoms with Crippen LogP contribution in [-0.2, 0) is 6.42 Å². The normalized spacial score (nSPS) is 14.0. The third-order valence-corrected chi connectivity index (χ3v) is 3.70. The van der Waals surface area contributed by atoms with Crippen molar-refractivity contribution in [2.75, 3.05) is 11.4 Å². The SMILES string of the molecule is O=C(c1cccnc1Cl)N1CCCc2cccc(F)c21. The number of aromatic nitrogens is 1. The molecule has 20 heavy (non-hydrogen) atoms. The molecule has 0 saturated heterocycles. The maximum absolute atomic E-state index is 14.1. The monoisotopic (exact) mass is 290 g/mol. The Bertz CT molecular complexity index is 675. The van der Waals surface area contributed by atoms with Gasteiger partial charge in [-0.1, -0.05) is 23.7 Å². The number of carbonyl (C=O) groups excluding carboxylic acids is 1. The second kappa shape index (κ2) is 5.21. The van der Waals surface area contributed by atoms with Gasteiger partial charge < -0.3 is 4.90 Å². The van der Waals surface area contributed by atoms with Crippen LogP contribution in [0.1, 0.15) is 22.3 Å². The van der Waals surface area contributed by atoms with Crippen LogP contribution in [0, 0.1) is 5.82 Å². The fourth-order valence-electron chi connectivity index (χ4n) is 2.50. The largest absolute Gasteiger partial charge is 0.305 e. The van der Waals surface area contributed by atoms with Crippen molar-refractivity contribution in [1.82, 2.24) is 4.98 Å². The molecule has 0 unspecified atom stereocenters. The summed E-state index contributed by atoms with van der Waals surface area (Å²) in [4.78, 5) is 17.9. The van der Waals surface area contributed by atoms with Gasteiger partial charge in [-0.3, -0.25) is 4.79 Å². The first kappa shape index (κ1) is 13.1. The van der Waals surface area contributed by atoms with E-state index in [2.05, 4.69) is 4.98 Å². The summed E-state index contributed by atoms with van der Waals surface area (Å²) in [6.45, 7) is 0.484. The van der Waals surface area contributed by atoms with Gasteiger partial charge in [0.05, 0.1) is 11.3 Å². The summed E-state index contributed by atoms with van der Waals surface area (Å²) in [5.74, 6) is -0.690. The van der Waals surface area contributed by atoms with Gasteiger partial charge in [0.2, 0.25) is 0 Å². The first-order chi connectivity index (χ1) is 9.68. The number of anilines is 1. The summed E-state index contributed by atoms with van der Waals surface area (Å²) in [5.41, 5.74) is 1.51. The highest BCUT2D eigenvalue weighted by atomic mass is 35.5. The van der Waals surface area contributed by atoms with Crippen molar-refractivity contribution >= 4 is 23.2 Å². The zero-order valence-corrected chi connectivity index (χ0v) is 11.4. The fourth-order valence-corrected chi connectivity index (χ4v) is 2.70. The molecule has 1 aliphatic heterocycles. The molecule has 1 amide bonds. The van der Waals surface area contributed by atoms with Gasteiger partial charge in [0.1, 0.15) is 11.0 Å². The number of carbonyl (C=O) groups is 1. The topological polar surface area (TPSA) is 33.2 Å². The molecule has 3 nitrogen and oxygen atoms in total. The number of hydrogen-bond acceptors (Lipinski definition) is 2. The van der Waals surface area contributed by atoms with Crippen molar-refractivity contribution < 1.29 is 9.18 Å². The van der Waals surface area contributed by atoms with Crippen molar-refractivity contribution in [2.45, 2.75) is 12.8 Å². The van der Waals surface area contributed by atoms with Gasteiger partial charge in [-0.2, -0.15) is 0 Å². The van der Waals surface area contributed by atoms with Crippen LogP contribution in [0.15, 0.2) is 36.5 Å². The molecule has 0 atom stereocenters. The number of rotatable bonds is 1. The van der Waals surface area contributed by atoms with Crippen LogP contribution in [-0.4, -0.2) is 17.4 Å². The van der Waals surface area contributed by atoms with Gasteiger partial charge >= 0.3 is 0 Å². The van der Waals surface area contributed by atoms with E-state index in [9.17, 15) is 9.18 Å². The molecule has 0 bridgehead atoms. The highest BCUT2D eigenvalue weighted by Crippen LogP contribution is 2.31. The zero-order chi connectivity index (χ0) is 14.1. The van der Waals surface area contributed by atoms with Gasteiger partial charge in [0.25, 0.3) is 5.91 Å². The Hall–Kier alpha value is -1.94. The highest BCUT2D eigenvalue weighted by molar-refractivity contribution is 6.33. The maximum Gasteiger partial charge on any atom is 0.261 e. The van der Waals surface area contributed by atoms with Crippen LogP contribution in [0.4, 0.5) is 10.1 Å². The Morgan fingerprint density at radius 2 is 2.15 bits per heavy atom. The van der Waals surface area contributed by atoms with E-state index in [4.69, 9.17) is 11.6 Å². The quantitative estimate of drug-likeness (QED) is 0.754. The minimum Gasteiger partial charge on any atom is -0.305 e. The van der Waals surface area contributed by atoms with Crippen LogP contribution in [0.25, 0.3) is 0 Å². The lowest BCUT2D eigenvalue weighted by atomic mass is 10.0. The van der Waals surface area contributed by atoms with Crippen molar-refractivity contribution in [1.29, 1.82) is 0 Å². The number of amides is 1. The van der Waals surface area contributed by atoms with Gasteiger partial charge in [0, 0.05) is 12.7 Å². The Morgan fingerprint density at radius 1 is 1.30 bits per heavy atom. The van der Waals surface area contributed by atoms with Crippen molar-refractivity contribution in [2.24, 2.45) is 0 Å². The Balaban J connectivity index is 2.05. The number of fused-ring (bicyclic) bond motifs is 1. The second-order valence-corrected chi connectivity index (χ2v) is 5.01. The summed E-state index contributed by atoms with van der Waals surface area (Å²) in [6.07, 6.45) is 3.10. The predicted octanol–water partition coefficient (Wildman–Crippen LogP) is 3.47. The molecule has 0 aliphatic carbocycles. The van der Waals surface area contributed by atoms with Crippen LogP contribution in [0.3, 0.4) is 0 Å². The minimum absolute atomic E-state index is 0.140. The van der Waals surface area contributed by atoms with Crippen molar-refractivity contribution in [3.05, 3.63) is 58.6 Å². The summed E-state index contributed by atoms with van der Waals surface area (Å²) in [6, 6.07) is 8.13. The van der Waals surface area contributed by atoms with Gasteiger partial charge in [-0.15, -0.1) is 0 Å². The van der Waals surface area contributed by atoms with Crippen molar-refractivity contribution in [3.63, 3.8) is 0 Å². The molecule has 0 spiro atoms. The lowest BCUT2D eigenvalue weighted by molar-refractivity contribution is 0.0984. The zero-order valence-electron chi connectivity index (χ0n) is 10.6. The van der Waals surface area contributed by atoms with Crippen LogP contribution in [0.5, 0.6) is 0 Å². The molecular weight excluding hydrogens is 279 g/mol. The first-order valence-electron chi connectivity index (χ1n) is 6.38. The standard InChI is InChI=1S/C15H12ClFN2O/c16-14-11(6-2-8-18-14)15(20)19-9-3-5-10-4-1-7-12(17)13(10)19/h1-2,4,6-8H,3,5,9H2. The van der Waals surface area contributed by atoms with Crippen LogP contribution < -0.4 is 4.90 Å². The molecule has 0 fully saturated rings. The van der Waals surface area contributed by atoms with E-state index in [0.717, 1.165) is 18.4 Å². The van der Waals surface area contributed by atoms with Gasteiger partial charge in [0.15, 0.2) is 0 Å². The lowest BCUT2D eigenvalue weighted by Crippen LogP contribution is -2.36. The molecule has 1 aromatic carbocycles. The lowest BCUT2D eigenvalue weighted by Gasteiger charge is -2.30. The van der Waals surface area contributed by atoms with E-state index >= 15 is 0 Å². The number of nitrogens with zero attached hydrogens (tertiary/aromatic N) is 2. The predicted molar refractivity (Wildman–Crippen MR) is 75.6 cm³/mol. The molecule has 102 valence electrons. The molecule has 3 rings (SSSR count). The number of para-hydroxylation sites is 1. The van der Waals surface area contributed by atoms with Gasteiger partial charge in [-0.05, 0) is 36.6 Å². The summed E-state index contributed by atoms with van der Waals surface area (Å²) in [5, 5.41) is 0.140. The maximum atomic E-state index is 14.1. The average molecular weight is 291 g/mol. The molecule has 0 N–H and O–H groups in total. The van der Waals surface area contributed by atoms with Crippen LogP contribution in [0.2, 0.25) is 5.15 Å². The molecule has 1 aromatic heterocycles. The highest BCUT2D eigenvalue weighted by Gasteiger charge is 2.27. The Kier molecular flexibility index (Phi) is 3.40. The summed E-state index contributed by atoms with van der Waals surface area (Å²) < 4.78 is 14.1. The van der Waals surface area contributed by atoms with E-state index in [1.807, 2.05) is 6.07 Å². The number of pyridine rings is 1. The first-order valence-corrected chi connectivity index (χ1v) is 6.76. The summed E-state index contributed by atoms with van der Waals surface area (Å²) >= 11 is 5.95. The van der Waals surface area contributed by atoms with Gasteiger partial charge in [-0.25, -0.2) is 9.37 Å². The van der Waals surface area contributed by atoms with E-state index in [1.54, 1.807) is 18.2 Å². The number of hydrogen-bond donors (Lipinski definition) is 0. The average Bonchev–Trinajstić information content (AvgIpc) is 2.47. The second-order valence-electron chi connectivity index (χ2n) is 4.65. The van der Waals surface area contributed by atoms with E-state index in [1.165, 1.54) is 17.2 Å². The smallest absolute Gasteiger partial charge is 0.261 e. The van der Waals surface area contributed by atoms with E-state index < -0.39 is 0 Å². The number of aryl methyl sites for hydroxylation is 1. The van der Waals surface area contributed by atoms with Crippen LogP contribution >= 0.6 is 11.6 Å². The third-order valence-electron chi connectivity index (χ3n) is 3.40. The Labute approximate surface area is 121 Å². The molecular formula is C15H12ClFN2O. The molecule has 2 heterocycles. The molecule has 2 aromatic rings. The van der Waals surface area contributed by atoms with E-state index in [-0.39, 0.29) is 16.9 Å². The third kappa shape index (κ3) is 2.16. The number of halogens is 2. The summed E-state index contributed by atoms with van der Waals surface area (Å²) in [7, 11) is 0. The molecule has 5 heteroatoms. The Morgan fingerprint density at radius 3 is 2.95 bits per heavy atom. The molecule has 0 saturated carbocycles. The number of benzene rings is 1. The fraction of sp³-hybridized carbons (Fsp3) is 0.200.